The molecule has 4 nitrogen and oxygen atoms in total. The predicted molar refractivity (Wildman–Crippen MR) is 103 cm³/mol. The number of piperazine rings is 1. The average molecular weight is 358 g/mol. The molecule has 1 heterocycles. The number of halogens is 1. The van der Waals surface area contributed by atoms with Crippen LogP contribution in [0.25, 0.3) is 0 Å². The van der Waals surface area contributed by atoms with E-state index in [1.807, 2.05) is 24.3 Å². The molecule has 0 aliphatic carbocycles. The van der Waals surface area contributed by atoms with Crippen molar-refractivity contribution >= 4 is 23.2 Å². The fourth-order valence-electron chi connectivity index (χ4n) is 3.08. The van der Waals surface area contributed by atoms with Crippen molar-refractivity contribution in [3.8, 4) is 0 Å². The van der Waals surface area contributed by atoms with Gasteiger partial charge < -0.3 is 10.2 Å². The highest BCUT2D eigenvalue weighted by molar-refractivity contribution is 6.31. The van der Waals surface area contributed by atoms with Crippen LogP contribution in [0.1, 0.15) is 11.1 Å². The molecule has 25 heavy (non-hydrogen) atoms. The molecule has 3 rings (SSSR count). The highest BCUT2D eigenvalue weighted by atomic mass is 35.5. The van der Waals surface area contributed by atoms with E-state index >= 15 is 0 Å². The molecule has 0 radical (unpaired) electrons. The highest BCUT2D eigenvalue weighted by Crippen LogP contribution is 2.18. The fourth-order valence-corrected chi connectivity index (χ4v) is 3.29. The van der Waals surface area contributed by atoms with Crippen LogP contribution in [-0.2, 0) is 11.3 Å². The van der Waals surface area contributed by atoms with Crippen molar-refractivity contribution in [2.75, 3.05) is 37.6 Å². The van der Waals surface area contributed by atoms with Crippen LogP contribution in [0.5, 0.6) is 0 Å². The lowest BCUT2D eigenvalue weighted by Crippen LogP contribution is -2.49. The first-order valence-electron chi connectivity index (χ1n) is 8.66. The van der Waals surface area contributed by atoms with Gasteiger partial charge in [-0.15, -0.1) is 0 Å². The Morgan fingerprint density at radius 3 is 2.56 bits per heavy atom. The lowest BCUT2D eigenvalue weighted by Gasteiger charge is -2.35. The number of carbonyl (C=O) groups excluding carboxylic acids is 1. The Bertz CT molecular complexity index is 726. The normalized spacial score (nSPS) is 15.2. The Kier molecular flexibility index (Phi) is 5.95. The van der Waals surface area contributed by atoms with Crippen LogP contribution >= 0.6 is 11.6 Å². The van der Waals surface area contributed by atoms with Crippen LogP contribution in [0, 0.1) is 6.92 Å². The largest absolute Gasteiger partial charge is 0.369 e. The lowest BCUT2D eigenvalue weighted by molar-refractivity contribution is -0.122. The van der Waals surface area contributed by atoms with Crippen LogP contribution in [0.2, 0.25) is 5.02 Å². The van der Waals surface area contributed by atoms with Crippen molar-refractivity contribution in [1.29, 1.82) is 0 Å². The number of aryl methyl sites for hydroxylation is 1. The molecule has 0 saturated carbocycles. The van der Waals surface area contributed by atoms with E-state index in [2.05, 4.69) is 46.3 Å². The first-order chi connectivity index (χ1) is 12.1. The minimum atomic E-state index is 0.0453. The molecule has 132 valence electrons. The molecule has 1 saturated heterocycles. The summed E-state index contributed by atoms with van der Waals surface area (Å²) in [6, 6.07) is 16.2. The second-order valence-corrected chi connectivity index (χ2v) is 6.88. The van der Waals surface area contributed by atoms with Gasteiger partial charge in [0, 0.05) is 43.4 Å². The first kappa shape index (κ1) is 17.8. The van der Waals surface area contributed by atoms with Gasteiger partial charge >= 0.3 is 0 Å². The van der Waals surface area contributed by atoms with Crippen molar-refractivity contribution < 1.29 is 4.79 Å². The number of benzene rings is 2. The minimum absolute atomic E-state index is 0.0453. The summed E-state index contributed by atoms with van der Waals surface area (Å²) in [4.78, 5) is 16.8. The van der Waals surface area contributed by atoms with Gasteiger partial charge in [-0.2, -0.15) is 0 Å². The Morgan fingerprint density at radius 2 is 1.84 bits per heavy atom. The molecule has 2 aromatic rings. The van der Waals surface area contributed by atoms with Gasteiger partial charge in [-0.3, -0.25) is 9.69 Å². The minimum Gasteiger partial charge on any atom is -0.369 e. The maximum Gasteiger partial charge on any atom is 0.234 e. The summed E-state index contributed by atoms with van der Waals surface area (Å²) in [7, 11) is 0. The quantitative estimate of drug-likeness (QED) is 0.893. The van der Waals surface area contributed by atoms with Crippen LogP contribution in [0.15, 0.2) is 48.5 Å². The average Bonchev–Trinajstić information content (AvgIpc) is 2.62. The summed E-state index contributed by atoms with van der Waals surface area (Å²) in [5.41, 5.74) is 3.49. The fraction of sp³-hybridized carbons (Fsp3) is 0.350. The van der Waals surface area contributed by atoms with Gasteiger partial charge in [0.15, 0.2) is 0 Å². The molecular weight excluding hydrogens is 334 g/mol. The molecule has 2 aromatic carbocycles. The van der Waals surface area contributed by atoms with Gasteiger partial charge in [-0.05, 0) is 36.2 Å². The Hall–Kier alpha value is -2.04. The van der Waals surface area contributed by atoms with E-state index in [0.29, 0.717) is 18.1 Å². The van der Waals surface area contributed by atoms with E-state index in [0.717, 1.165) is 31.7 Å². The maximum atomic E-state index is 12.2. The van der Waals surface area contributed by atoms with Crippen LogP contribution < -0.4 is 10.2 Å². The SMILES string of the molecule is Cc1cccc(N2CCN(CC(=O)NCc3ccccc3Cl)CC2)c1. The molecule has 1 fully saturated rings. The Morgan fingerprint density at radius 1 is 1.08 bits per heavy atom. The molecule has 0 spiro atoms. The number of carbonyl (C=O) groups is 1. The van der Waals surface area contributed by atoms with Gasteiger partial charge in [0.25, 0.3) is 0 Å². The van der Waals surface area contributed by atoms with Crippen molar-refractivity contribution in [3.63, 3.8) is 0 Å². The molecular formula is C20H24ClN3O. The molecule has 1 N–H and O–H groups in total. The van der Waals surface area contributed by atoms with Crippen LogP contribution in [0.4, 0.5) is 5.69 Å². The standard InChI is InChI=1S/C20H24ClN3O/c1-16-5-4-7-18(13-16)24-11-9-23(10-12-24)15-20(25)22-14-17-6-2-3-8-19(17)21/h2-8,13H,9-12,14-15H2,1H3,(H,22,25). The van der Waals surface area contributed by atoms with Crippen molar-refractivity contribution in [1.82, 2.24) is 10.2 Å². The summed E-state index contributed by atoms with van der Waals surface area (Å²) in [6.45, 7) is 6.71. The third kappa shape index (κ3) is 4.97. The van der Waals surface area contributed by atoms with Gasteiger partial charge in [0.1, 0.15) is 0 Å². The molecule has 1 aliphatic rings. The zero-order valence-corrected chi connectivity index (χ0v) is 15.3. The van der Waals surface area contributed by atoms with Crippen LogP contribution in [-0.4, -0.2) is 43.5 Å². The van der Waals surface area contributed by atoms with E-state index in [9.17, 15) is 4.79 Å². The number of nitrogens with zero attached hydrogens (tertiary/aromatic N) is 2. The van der Waals surface area contributed by atoms with Crippen LogP contribution in [0.3, 0.4) is 0 Å². The smallest absolute Gasteiger partial charge is 0.234 e. The van der Waals surface area contributed by atoms with Gasteiger partial charge in [0.05, 0.1) is 6.54 Å². The van der Waals surface area contributed by atoms with Gasteiger partial charge in [-0.1, -0.05) is 41.9 Å². The summed E-state index contributed by atoms with van der Waals surface area (Å²) in [5.74, 6) is 0.0453. The van der Waals surface area contributed by atoms with E-state index in [1.54, 1.807) is 0 Å². The van der Waals surface area contributed by atoms with Crippen molar-refractivity contribution in [3.05, 3.63) is 64.7 Å². The maximum absolute atomic E-state index is 12.2. The van der Waals surface area contributed by atoms with E-state index < -0.39 is 0 Å². The second-order valence-electron chi connectivity index (χ2n) is 6.47. The van der Waals surface area contributed by atoms with E-state index in [-0.39, 0.29) is 5.91 Å². The number of amides is 1. The molecule has 1 amide bonds. The number of hydrogen-bond acceptors (Lipinski definition) is 3. The van der Waals surface area contributed by atoms with E-state index in [1.165, 1.54) is 11.3 Å². The summed E-state index contributed by atoms with van der Waals surface area (Å²) < 4.78 is 0. The number of hydrogen-bond donors (Lipinski definition) is 1. The predicted octanol–water partition coefficient (Wildman–Crippen LogP) is 3.09. The number of anilines is 1. The zero-order chi connectivity index (χ0) is 17.6. The van der Waals surface area contributed by atoms with Crippen molar-refractivity contribution in [2.45, 2.75) is 13.5 Å². The molecule has 5 heteroatoms. The van der Waals surface area contributed by atoms with Crippen molar-refractivity contribution in [2.24, 2.45) is 0 Å². The topological polar surface area (TPSA) is 35.6 Å². The third-order valence-electron chi connectivity index (χ3n) is 4.54. The molecule has 0 atom stereocenters. The summed E-state index contributed by atoms with van der Waals surface area (Å²) in [6.07, 6.45) is 0. The second kappa shape index (κ2) is 8.37. The summed E-state index contributed by atoms with van der Waals surface area (Å²) >= 11 is 6.12. The van der Waals surface area contributed by atoms with E-state index in [4.69, 9.17) is 11.6 Å². The summed E-state index contributed by atoms with van der Waals surface area (Å²) in [5, 5.41) is 3.65. The molecule has 1 aliphatic heterocycles. The molecule has 0 bridgehead atoms. The van der Waals surface area contributed by atoms with Gasteiger partial charge in [0.2, 0.25) is 5.91 Å². The lowest BCUT2D eigenvalue weighted by atomic mass is 10.2. The van der Waals surface area contributed by atoms with Gasteiger partial charge in [-0.25, -0.2) is 0 Å². The third-order valence-corrected chi connectivity index (χ3v) is 4.91. The molecule has 0 aromatic heterocycles. The Balaban J connectivity index is 1.44. The molecule has 0 unspecified atom stereocenters. The number of nitrogens with one attached hydrogen (secondary N) is 1. The Labute approximate surface area is 154 Å². The zero-order valence-electron chi connectivity index (χ0n) is 14.5. The highest BCUT2D eigenvalue weighted by Gasteiger charge is 2.19. The monoisotopic (exact) mass is 357 g/mol. The number of rotatable bonds is 5. The first-order valence-corrected chi connectivity index (χ1v) is 9.04.